The summed E-state index contributed by atoms with van der Waals surface area (Å²) in [4.78, 5) is 20.1. The van der Waals surface area contributed by atoms with Crippen molar-refractivity contribution in [3.8, 4) is 17.1 Å². The fourth-order valence-corrected chi connectivity index (χ4v) is 5.78. The molecule has 6 heteroatoms. The fourth-order valence-electron chi connectivity index (χ4n) is 5.65. The van der Waals surface area contributed by atoms with Gasteiger partial charge in [-0.2, -0.15) is 0 Å². The maximum atomic E-state index is 13.4. The lowest BCUT2D eigenvalue weighted by Crippen LogP contribution is -2.40. The average molecular weight is 450 g/mol. The Morgan fingerprint density at radius 2 is 1.88 bits per heavy atom. The molecule has 0 bridgehead atoms. The fraction of sp³-hybridized carbons (Fsp3) is 0.385. The molecule has 3 atom stereocenters. The Bertz CT molecular complexity index is 1150. The highest BCUT2D eigenvalue weighted by molar-refractivity contribution is 6.30. The summed E-state index contributed by atoms with van der Waals surface area (Å²) in [5, 5.41) is 0.689. The van der Waals surface area contributed by atoms with Crippen LogP contribution in [0.1, 0.15) is 50.7 Å². The average Bonchev–Trinajstić information content (AvgIpc) is 3.47. The molecule has 0 N–H and O–H groups in total. The normalized spacial score (nSPS) is 23.8. The molecular weight excluding hydrogens is 422 g/mol. The molecule has 2 aliphatic heterocycles. The number of carbonyl (C=O) groups excluding carboxylic acids is 1. The number of carbonyl (C=O) groups is 1. The van der Waals surface area contributed by atoms with Gasteiger partial charge >= 0.3 is 0 Å². The first-order valence-electron chi connectivity index (χ1n) is 11.3. The smallest absolute Gasteiger partial charge is 0.223 e. The highest BCUT2D eigenvalue weighted by Crippen LogP contribution is 2.50. The minimum absolute atomic E-state index is 0.217. The summed E-state index contributed by atoms with van der Waals surface area (Å²) in [7, 11) is 1.68. The minimum Gasteiger partial charge on any atom is -0.497 e. The van der Waals surface area contributed by atoms with Crippen molar-refractivity contribution < 1.29 is 9.53 Å². The molecule has 5 rings (SSSR count). The highest BCUT2D eigenvalue weighted by atomic mass is 35.5. The predicted molar refractivity (Wildman–Crippen MR) is 126 cm³/mol. The Balaban J connectivity index is 1.63. The van der Waals surface area contributed by atoms with Crippen molar-refractivity contribution in [1.82, 2.24) is 14.5 Å². The quantitative estimate of drug-likeness (QED) is 0.517. The molecular formula is C26H28ClN3O2. The van der Waals surface area contributed by atoms with Crippen LogP contribution in [0.25, 0.3) is 11.4 Å². The molecule has 0 radical (unpaired) electrons. The van der Waals surface area contributed by atoms with Gasteiger partial charge in [-0.25, -0.2) is 4.98 Å². The van der Waals surface area contributed by atoms with E-state index >= 15 is 0 Å². The third-order valence-electron chi connectivity index (χ3n) is 7.23. The second kappa shape index (κ2) is 7.96. The van der Waals surface area contributed by atoms with Crippen molar-refractivity contribution in [3.63, 3.8) is 0 Å². The Kier molecular flexibility index (Phi) is 5.25. The van der Waals surface area contributed by atoms with Crippen molar-refractivity contribution in [2.24, 2.45) is 0 Å². The van der Waals surface area contributed by atoms with Crippen LogP contribution in [0.2, 0.25) is 5.02 Å². The minimum atomic E-state index is -0.553. The van der Waals surface area contributed by atoms with Crippen LogP contribution in [0.3, 0.4) is 0 Å². The number of aromatic nitrogens is 2. The summed E-state index contributed by atoms with van der Waals surface area (Å²) >= 11 is 6.24. The van der Waals surface area contributed by atoms with Crippen LogP contribution in [0.4, 0.5) is 0 Å². The maximum absolute atomic E-state index is 13.4. The number of hydrogen-bond donors (Lipinski definition) is 0. The summed E-state index contributed by atoms with van der Waals surface area (Å²) in [6.45, 7) is 4.31. The van der Waals surface area contributed by atoms with Gasteiger partial charge in [0.15, 0.2) is 0 Å². The Hall–Kier alpha value is -2.79. The summed E-state index contributed by atoms with van der Waals surface area (Å²) in [6.07, 6.45) is 7.07. The van der Waals surface area contributed by atoms with Crippen LogP contribution in [0.15, 0.2) is 54.9 Å². The topological polar surface area (TPSA) is 47.4 Å². The van der Waals surface area contributed by atoms with Gasteiger partial charge < -0.3 is 14.2 Å². The number of likely N-dealkylation sites (tertiary alicyclic amines) is 1. The number of hydrogen-bond acceptors (Lipinski definition) is 3. The van der Waals surface area contributed by atoms with Crippen molar-refractivity contribution in [1.29, 1.82) is 0 Å². The molecule has 2 aliphatic rings. The van der Waals surface area contributed by atoms with E-state index in [0.29, 0.717) is 29.9 Å². The first-order chi connectivity index (χ1) is 15.5. The molecule has 5 nitrogen and oxygen atoms in total. The van der Waals surface area contributed by atoms with Gasteiger partial charge in [-0.05, 0) is 74.6 Å². The first kappa shape index (κ1) is 21.1. The third kappa shape index (κ3) is 3.14. The first-order valence-corrected chi connectivity index (χ1v) is 11.6. The monoisotopic (exact) mass is 449 g/mol. The van der Waals surface area contributed by atoms with Crippen molar-refractivity contribution in [3.05, 3.63) is 71.0 Å². The van der Waals surface area contributed by atoms with Crippen LogP contribution >= 0.6 is 11.6 Å². The lowest BCUT2D eigenvalue weighted by molar-refractivity contribution is -0.133. The summed E-state index contributed by atoms with van der Waals surface area (Å²) < 4.78 is 7.78. The Morgan fingerprint density at radius 1 is 1.16 bits per heavy atom. The van der Waals surface area contributed by atoms with Gasteiger partial charge in [-0.1, -0.05) is 23.7 Å². The molecule has 1 aromatic heterocycles. The van der Waals surface area contributed by atoms with Gasteiger partial charge in [0.1, 0.15) is 11.6 Å². The number of halogens is 1. The van der Waals surface area contributed by atoms with Gasteiger partial charge in [-0.15, -0.1) is 0 Å². The van der Waals surface area contributed by atoms with Crippen LogP contribution in [0, 0.1) is 0 Å². The Labute approximate surface area is 194 Å². The molecule has 2 aromatic carbocycles. The van der Waals surface area contributed by atoms with Crippen LogP contribution in [-0.4, -0.2) is 39.6 Å². The molecule has 3 heterocycles. The van der Waals surface area contributed by atoms with E-state index in [2.05, 4.69) is 52.6 Å². The van der Waals surface area contributed by atoms with E-state index in [1.807, 2.05) is 30.6 Å². The number of rotatable bonds is 5. The molecule has 0 spiro atoms. The summed E-state index contributed by atoms with van der Waals surface area (Å²) in [6, 6.07) is 14.7. The molecule has 3 aromatic rings. The lowest BCUT2D eigenvalue weighted by atomic mass is 9.79. The third-order valence-corrected chi connectivity index (χ3v) is 7.48. The van der Waals surface area contributed by atoms with Crippen LogP contribution in [0.5, 0.6) is 5.75 Å². The zero-order valence-corrected chi connectivity index (χ0v) is 19.5. The van der Waals surface area contributed by atoms with E-state index < -0.39 is 5.54 Å². The van der Waals surface area contributed by atoms with Gasteiger partial charge in [0, 0.05) is 41.5 Å². The van der Waals surface area contributed by atoms with Crippen molar-refractivity contribution in [2.45, 2.75) is 57.2 Å². The number of imidazole rings is 1. The summed E-state index contributed by atoms with van der Waals surface area (Å²) in [5.74, 6) is 1.92. The Morgan fingerprint density at radius 3 is 2.56 bits per heavy atom. The van der Waals surface area contributed by atoms with Gasteiger partial charge in [0.2, 0.25) is 5.91 Å². The molecule has 0 saturated carbocycles. The zero-order chi connectivity index (χ0) is 22.5. The molecule has 166 valence electrons. The maximum Gasteiger partial charge on any atom is 0.223 e. The van der Waals surface area contributed by atoms with E-state index in [0.717, 1.165) is 41.1 Å². The number of ether oxygens (including phenoxy) is 1. The number of amides is 1. The largest absolute Gasteiger partial charge is 0.497 e. The van der Waals surface area contributed by atoms with Gasteiger partial charge in [0.05, 0.1) is 12.6 Å². The standard InChI is InChI=1S/C26H28ClN3O2/c1-17-4-5-18(2)30(17)24(31)12-13-26(19-6-8-20(27)9-7-19)23-16-21(32-3)10-11-22(23)25-28-14-15-29(25)26/h6-11,14-18H,4-5,12-13H2,1-3H3/t17-,18+,26?. The van der Waals surface area contributed by atoms with E-state index in [4.69, 9.17) is 16.3 Å². The molecule has 32 heavy (non-hydrogen) atoms. The van der Waals surface area contributed by atoms with Gasteiger partial charge in [-0.3, -0.25) is 4.79 Å². The molecule has 0 aliphatic carbocycles. The number of fused-ring (bicyclic) bond motifs is 3. The SMILES string of the molecule is COc1ccc2c(c1)C(CCC(=O)N1[C@H](C)CC[C@@H]1C)(c1ccc(Cl)cc1)n1ccnc1-2. The second-order valence-electron chi connectivity index (χ2n) is 8.98. The number of methoxy groups -OCH3 is 1. The summed E-state index contributed by atoms with van der Waals surface area (Å²) in [5.41, 5.74) is 2.71. The van der Waals surface area contributed by atoms with Crippen LogP contribution < -0.4 is 4.74 Å². The van der Waals surface area contributed by atoms with Crippen molar-refractivity contribution >= 4 is 17.5 Å². The molecule has 1 amide bonds. The van der Waals surface area contributed by atoms with E-state index in [-0.39, 0.29) is 5.91 Å². The van der Waals surface area contributed by atoms with Crippen molar-refractivity contribution in [2.75, 3.05) is 7.11 Å². The lowest BCUT2D eigenvalue weighted by Gasteiger charge is -2.35. The zero-order valence-electron chi connectivity index (χ0n) is 18.7. The van der Waals surface area contributed by atoms with E-state index in [1.165, 1.54) is 0 Å². The van der Waals surface area contributed by atoms with E-state index in [1.54, 1.807) is 7.11 Å². The molecule has 1 saturated heterocycles. The predicted octanol–water partition coefficient (Wildman–Crippen LogP) is 5.50. The molecule has 1 fully saturated rings. The highest BCUT2D eigenvalue weighted by Gasteiger charge is 2.46. The number of benzene rings is 2. The van der Waals surface area contributed by atoms with E-state index in [9.17, 15) is 4.79 Å². The number of nitrogens with zero attached hydrogens (tertiary/aromatic N) is 3. The second-order valence-corrected chi connectivity index (χ2v) is 9.41. The molecule has 1 unspecified atom stereocenters. The van der Waals surface area contributed by atoms with Crippen LogP contribution in [-0.2, 0) is 10.3 Å². The van der Waals surface area contributed by atoms with Gasteiger partial charge in [0.25, 0.3) is 0 Å².